The fourth-order valence-electron chi connectivity index (χ4n) is 5.24. The van der Waals surface area contributed by atoms with Gasteiger partial charge in [-0.25, -0.2) is 0 Å². The quantitative estimate of drug-likeness (QED) is 0.104. The van der Waals surface area contributed by atoms with Crippen LogP contribution in [0.3, 0.4) is 0 Å². The average molecular weight is 473 g/mol. The van der Waals surface area contributed by atoms with Gasteiger partial charge in [0.1, 0.15) is 0 Å². The molecule has 0 N–H and O–H groups in total. The predicted octanol–water partition coefficient (Wildman–Crippen LogP) is 10.0. The van der Waals surface area contributed by atoms with Crippen LogP contribution in [0.4, 0.5) is 0 Å². The van der Waals surface area contributed by atoms with Crippen molar-refractivity contribution in [3.05, 3.63) is 108 Å². The van der Waals surface area contributed by atoms with E-state index in [0.717, 1.165) is 8.58 Å². The molecular weight excluding hydrogens is 427 g/mol. The smallest absolute Gasteiger partial charge is 0.0454 e. The highest BCUT2D eigenvalue weighted by Gasteiger charge is 2.35. The average Bonchev–Trinajstić information content (AvgIpc) is 2.91. The third-order valence-corrected chi connectivity index (χ3v) is 8.49. The molecule has 3 rings (SSSR count). The van der Waals surface area contributed by atoms with Crippen molar-refractivity contribution in [1.82, 2.24) is 0 Å². The minimum atomic E-state index is -0.0748. The Balaban J connectivity index is 1.54. The van der Waals surface area contributed by atoms with Gasteiger partial charge >= 0.3 is 0 Å². The van der Waals surface area contributed by atoms with Gasteiger partial charge < -0.3 is 0 Å². The maximum atomic E-state index is 2.32. The standard InChI is InChI=1S/C33H45P/c1-2-3-4-5-6-7-8-9-10-20-28-34-29-27-33(30-21-14-11-15-22-30,31-23-16-12-17-24-31)32-25-18-13-19-26-32/h11-19,21-26,34H,2-10,20,27-29H2,1H3. The predicted molar refractivity (Wildman–Crippen MR) is 154 cm³/mol. The third kappa shape index (κ3) is 8.09. The molecule has 182 valence electrons. The number of unbranched alkanes of at least 4 members (excludes halogenated alkanes) is 9. The molecule has 1 heteroatoms. The first-order chi connectivity index (χ1) is 16.9. The van der Waals surface area contributed by atoms with Crippen molar-refractivity contribution in [2.24, 2.45) is 0 Å². The molecule has 0 saturated carbocycles. The highest BCUT2D eigenvalue weighted by molar-refractivity contribution is 7.37. The molecule has 3 aromatic carbocycles. The van der Waals surface area contributed by atoms with Gasteiger partial charge in [0.25, 0.3) is 0 Å². The maximum absolute atomic E-state index is 2.32. The first-order valence-electron chi connectivity index (χ1n) is 13.7. The van der Waals surface area contributed by atoms with E-state index in [9.17, 15) is 0 Å². The van der Waals surface area contributed by atoms with Crippen molar-refractivity contribution < 1.29 is 0 Å². The Morgan fingerprint density at radius 1 is 0.471 bits per heavy atom. The van der Waals surface area contributed by atoms with Gasteiger partial charge in [0.15, 0.2) is 0 Å². The molecular formula is C33H45P. The van der Waals surface area contributed by atoms with Crippen LogP contribution in [0.1, 0.15) is 94.2 Å². The lowest BCUT2D eigenvalue weighted by molar-refractivity contribution is 0.562. The Morgan fingerprint density at radius 2 is 0.853 bits per heavy atom. The zero-order valence-electron chi connectivity index (χ0n) is 21.4. The zero-order chi connectivity index (χ0) is 23.7. The van der Waals surface area contributed by atoms with Gasteiger partial charge in [-0.1, -0.05) is 156 Å². The number of benzene rings is 3. The molecule has 0 saturated heterocycles. The van der Waals surface area contributed by atoms with E-state index in [1.54, 1.807) is 0 Å². The summed E-state index contributed by atoms with van der Waals surface area (Å²) in [5.41, 5.74) is 4.16. The summed E-state index contributed by atoms with van der Waals surface area (Å²) >= 11 is 0. The molecule has 1 atom stereocenters. The van der Waals surface area contributed by atoms with E-state index in [1.807, 2.05) is 0 Å². The summed E-state index contributed by atoms with van der Waals surface area (Å²) in [6.45, 7) is 2.30. The number of rotatable bonds is 17. The largest absolute Gasteiger partial charge is 0.122 e. The van der Waals surface area contributed by atoms with Gasteiger partial charge in [-0.3, -0.25) is 0 Å². The molecule has 3 aromatic rings. The van der Waals surface area contributed by atoms with Crippen LogP contribution >= 0.6 is 8.58 Å². The highest BCUT2D eigenvalue weighted by atomic mass is 31.1. The van der Waals surface area contributed by atoms with Gasteiger partial charge in [0.2, 0.25) is 0 Å². The lowest BCUT2D eigenvalue weighted by Gasteiger charge is -2.36. The normalized spacial score (nSPS) is 11.9. The van der Waals surface area contributed by atoms with Crippen LogP contribution < -0.4 is 0 Å². The van der Waals surface area contributed by atoms with Gasteiger partial charge in [-0.05, 0) is 41.9 Å². The van der Waals surface area contributed by atoms with Crippen LogP contribution in [-0.2, 0) is 5.41 Å². The highest BCUT2D eigenvalue weighted by Crippen LogP contribution is 2.43. The van der Waals surface area contributed by atoms with Gasteiger partial charge in [0.05, 0.1) is 0 Å². The molecule has 0 aromatic heterocycles. The molecule has 0 bridgehead atoms. The zero-order valence-corrected chi connectivity index (χ0v) is 22.4. The Labute approximate surface area is 211 Å². The molecule has 0 nitrogen and oxygen atoms in total. The van der Waals surface area contributed by atoms with Crippen LogP contribution in [0.15, 0.2) is 91.0 Å². The molecule has 0 fully saturated rings. The summed E-state index contributed by atoms with van der Waals surface area (Å²) in [6, 6.07) is 33.5. The molecule has 0 aliphatic rings. The van der Waals surface area contributed by atoms with Crippen molar-refractivity contribution in [2.45, 2.75) is 83.0 Å². The summed E-state index contributed by atoms with van der Waals surface area (Å²) in [7, 11) is 1.05. The summed E-state index contributed by atoms with van der Waals surface area (Å²) in [6.07, 6.45) is 18.1. The number of hydrogen-bond donors (Lipinski definition) is 0. The Kier molecular flexibility index (Phi) is 12.5. The number of hydrogen-bond acceptors (Lipinski definition) is 0. The molecule has 0 aliphatic carbocycles. The van der Waals surface area contributed by atoms with E-state index in [4.69, 9.17) is 0 Å². The molecule has 34 heavy (non-hydrogen) atoms. The minimum absolute atomic E-state index is 0.0748. The lowest BCUT2D eigenvalue weighted by atomic mass is 9.68. The van der Waals surface area contributed by atoms with Crippen LogP contribution in [0, 0.1) is 0 Å². The molecule has 1 unspecified atom stereocenters. The van der Waals surface area contributed by atoms with E-state index < -0.39 is 0 Å². The topological polar surface area (TPSA) is 0 Å². The summed E-state index contributed by atoms with van der Waals surface area (Å²) in [4.78, 5) is 0. The maximum Gasteiger partial charge on any atom is 0.0454 e. The van der Waals surface area contributed by atoms with Crippen LogP contribution in [-0.4, -0.2) is 12.3 Å². The summed E-state index contributed by atoms with van der Waals surface area (Å²) in [5, 5.41) is 0. The Morgan fingerprint density at radius 3 is 1.26 bits per heavy atom. The molecule has 0 heterocycles. The second kappa shape index (κ2) is 15.9. The summed E-state index contributed by atoms with van der Waals surface area (Å²) in [5.74, 6) is 0. The van der Waals surface area contributed by atoms with Gasteiger partial charge in [-0.2, -0.15) is 0 Å². The van der Waals surface area contributed by atoms with E-state index in [0.29, 0.717) is 0 Å². The van der Waals surface area contributed by atoms with E-state index >= 15 is 0 Å². The van der Waals surface area contributed by atoms with Crippen molar-refractivity contribution in [1.29, 1.82) is 0 Å². The SMILES string of the molecule is CCCCCCCCCCCCPCCC(c1ccccc1)(c1ccccc1)c1ccccc1. The second-order valence-electron chi connectivity index (χ2n) is 9.69. The first-order valence-corrected chi connectivity index (χ1v) is 15.2. The molecule has 0 amide bonds. The first kappa shape index (κ1) is 26.7. The van der Waals surface area contributed by atoms with E-state index in [-0.39, 0.29) is 5.41 Å². The monoisotopic (exact) mass is 472 g/mol. The van der Waals surface area contributed by atoms with Crippen molar-refractivity contribution >= 4 is 8.58 Å². The van der Waals surface area contributed by atoms with E-state index in [2.05, 4.69) is 97.9 Å². The fourth-order valence-corrected chi connectivity index (χ4v) is 6.54. The Hall–Kier alpha value is -1.91. The molecule has 0 radical (unpaired) electrons. The van der Waals surface area contributed by atoms with E-state index in [1.165, 1.54) is 99.6 Å². The molecule has 0 aliphatic heterocycles. The van der Waals surface area contributed by atoms with Crippen molar-refractivity contribution in [2.75, 3.05) is 12.3 Å². The Bertz CT molecular complexity index is 776. The third-order valence-electron chi connectivity index (χ3n) is 7.18. The van der Waals surface area contributed by atoms with Crippen molar-refractivity contribution in [3.63, 3.8) is 0 Å². The van der Waals surface area contributed by atoms with Crippen LogP contribution in [0.5, 0.6) is 0 Å². The van der Waals surface area contributed by atoms with Gasteiger partial charge in [-0.15, -0.1) is 8.58 Å². The van der Waals surface area contributed by atoms with Crippen LogP contribution in [0.25, 0.3) is 0 Å². The fraction of sp³-hybridized carbons (Fsp3) is 0.455. The molecule has 0 spiro atoms. The van der Waals surface area contributed by atoms with Gasteiger partial charge in [0, 0.05) is 5.41 Å². The minimum Gasteiger partial charge on any atom is -0.122 e. The van der Waals surface area contributed by atoms with Crippen LogP contribution in [0.2, 0.25) is 0 Å². The second-order valence-corrected chi connectivity index (χ2v) is 11.2. The lowest BCUT2D eigenvalue weighted by Crippen LogP contribution is -2.30. The van der Waals surface area contributed by atoms with Crippen molar-refractivity contribution in [3.8, 4) is 0 Å². The summed E-state index contributed by atoms with van der Waals surface area (Å²) < 4.78 is 0.